The minimum atomic E-state index is -5.81. The number of hydrogen-bond acceptors (Lipinski definition) is 5. The third-order valence-electron chi connectivity index (χ3n) is 7.76. The first kappa shape index (κ1) is 31.2. The third kappa shape index (κ3) is 5.52. The first-order valence-electron chi connectivity index (χ1n) is 12.4. The van der Waals surface area contributed by atoms with Crippen LogP contribution in [0.25, 0.3) is 0 Å². The Bertz CT molecular complexity index is 1300. The van der Waals surface area contributed by atoms with Crippen LogP contribution in [0.1, 0.15) is 45.1 Å². The number of hydrogen-bond donors (Lipinski definition) is 2. The number of alkyl halides is 6. The number of nitrogens with one attached hydrogen (secondary N) is 2. The van der Waals surface area contributed by atoms with Gasteiger partial charge < -0.3 is 10.6 Å². The summed E-state index contributed by atoms with van der Waals surface area (Å²) in [5.41, 5.74) is -1.98. The van der Waals surface area contributed by atoms with Crippen molar-refractivity contribution in [1.82, 2.24) is 14.9 Å². The summed E-state index contributed by atoms with van der Waals surface area (Å²) in [5, 5.41) is 5.11. The van der Waals surface area contributed by atoms with Crippen molar-refractivity contribution in [2.75, 3.05) is 19.0 Å². The second-order valence-corrected chi connectivity index (χ2v) is 14.1. The number of rotatable bonds is 11. The van der Waals surface area contributed by atoms with Crippen molar-refractivity contribution in [3.8, 4) is 0 Å². The molecule has 224 valence electrons. The number of sulfonamides is 1. The van der Waals surface area contributed by atoms with Crippen molar-refractivity contribution in [2.45, 2.75) is 75.3 Å². The average molecular weight is 637 g/mol. The van der Waals surface area contributed by atoms with E-state index >= 15 is 0 Å². The highest BCUT2D eigenvalue weighted by Gasteiger charge is 2.75. The summed E-state index contributed by atoms with van der Waals surface area (Å²) in [6.07, 6.45) is -4.99. The van der Waals surface area contributed by atoms with Gasteiger partial charge in [0.25, 0.3) is 0 Å². The van der Waals surface area contributed by atoms with Gasteiger partial charge in [0.15, 0.2) is 0 Å². The molecule has 3 fully saturated rings. The van der Waals surface area contributed by atoms with Gasteiger partial charge in [0, 0.05) is 17.5 Å². The standard InChI is InChI=1S/C24H28Cl2F6N4O3S/c1-20(2)17(18(37)33-13-23(28,29)24(30,31)32)34-19(35-20)21-10-22(11-21,12-21)36(40(38,39)7-3-6-27)9-14-4-5-15(25)16(26)8-14/h4-5,8,17H,3,6-7,9-13H2,1-2H3,(H,33,37)(H,34,35)/t17-,21?,22?/m0/s1. The van der Waals surface area contributed by atoms with Crippen LogP contribution in [0, 0.1) is 5.41 Å². The zero-order valence-corrected chi connectivity index (χ0v) is 23.8. The Morgan fingerprint density at radius 1 is 1.15 bits per heavy atom. The highest BCUT2D eigenvalue weighted by Crippen LogP contribution is 2.71. The van der Waals surface area contributed by atoms with E-state index in [0.717, 1.165) is 0 Å². The average Bonchev–Trinajstić information content (AvgIpc) is 3.10. The maximum absolute atomic E-state index is 13.3. The summed E-state index contributed by atoms with van der Waals surface area (Å²) in [6, 6.07) is 3.53. The lowest BCUT2D eigenvalue weighted by Gasteiger charge is -2.73. The Labute approximate surface area is 237 Å². The summed E-state index contributed by atoms with van der Waals surface area (Å²) in [6.45, 7) is 0.348. The molecule has 3 saturated carbocycles. The summed E-state index contributed by atoms with van der Waals surface area (Å²) in [4.78, 5) is 17.1. The number of amidine groups is 1. The molecule has 5 rings (SSSR count). The molecule has 0 spiro atoms. The predicted octanol–water partition coefficient (Wildman–Crippen LogP) is 4.87. The SMILES string of the molecule is CC1(C)N=C(C23CC(N(Cc4ccc(Cl)c(Cl)c4)S(=O)(=O)CCCF)(C2)C3)N[C@H]1C(=O)NCC(F)(F)C(F)(F)F. The van der Waals surface area contributed by atoms with Crippen LogP contribution in [0.15, 0.2) is 23.2 Å². The molecular weight excluding hydrogens is 609 g/mol. The van der Waals surface area contributed by atoms with Crippen LogP contribution in [0.2, 0.25) is 10.0 Å². The fourth-order valence-electron chi connectivity index (χ4n) is 5.72. The van der Waals surface area contributed by atoms with Crippen molar-refractivity contribution in [3.63, 3.8) is 0 Å². The van der Waals surface area contributed by atoms with Crippen molar-refractivity contribution < 1.29 is 39.6 Å². The Hall–Kier alpha value is -1.77. The van der Waals surface area contributed by atoms with Crippen LogP contribution in [0.4, 0.5) is 26.3 Å². The van der Waals surface area contributed by atoms with E-state index in [0.29, 0.717) is 35.7 Å². The van der Waals surface area contributed by atoms with Gasteiger partial charge in [0.2, 0.25) is 15.9 Å². The molecular formula is C24H28Cl2F6N4O3S. The van der Waals surface area contributed by atoms with Gasteiger partial charge in [0.1, 0.15) is 11.9 Å². The lowest BCUT2D eigenvalue weighted by Crippen LogP contribution is -2.78. The minimum absolute atomic E-state index is 0.0224. The molecule has 1 heterocycles. The number of amides is 1. The number of benzene rings is 1. The molecule has 1 atom stereocenters. The highest BCUT2D eigenvalue weighted by molar-refractivity contribution is 7.89. The van der Waals surface area contributed by atoms with Gasteiger partial charge in [-0.3, -0.25) is 14.2 Å². The molecule has 0 saturated heterocycles. The Balaban J connectivity index is 1.48. The van der Waals surface area contributed by atoms with E-state index in [2.05, 4.69) is 10.3 Å². The molecule has 1 aromatic carbocycles. The number of halogens is 8. The first-order valence-corrected chi connectivity index (χ1v) is 14.7. The monoisotopic (exact) mass is 636 g/mol. The van der Waals surface area contributed by atoms with Gasteiger partial charge in [0.05, 0.1) is 34.6 Å². The lowest BCUT2D eigenvalue weighted by molar-refractivity contribution is -0.278. The van der Waals surface area contributed by atoms with Crippen LogP contribution in [-0.2, 0) is 21.4 Å². The van der Waals surface area contributed by atoms with Gasteiger partial charge in [-0.05, 0) is 57.2 Å². The maximum atomic E-state index is 13.3. The summed E-state index contributed by atoms with van der Waals surface area (Å²) in [5.74, 6) is -6.18. The largest absolute Gasteiger partial charge is 0.455 e. The zero-order chi connectivity index (χ0) is 29.9. The van der Waals surface area contributed by atoms with E-state index in [1.165, 1.54) is 4.31 Å². The molecule has 3 aliphatic carbocycles. The van der Waals surface area contributed by atoms with E-state index in [1.807, 2.05) is 0 Å². The summed E-state index contributed by atoms with van der Waals surface area (Å²) < 4.78 is 105. The van der Waals surface area contributed by atoms with E-state index in [-0.39, 0.29) is 18.0 Å². The van der Waals surface area contributed by atoms with Gasteiger partial charge in [-0.25, -0.2) is 8.42 Å². The number of carbonyl (C=O) groups is 1. The number of aliphatic imine (C=N–C) groups is 1. The highest BCUT2D eigenvalue weighted by atomic mass is 35.5. The van der Waals surface area contributed by atoms with Crippen molar-refractivity contribution in [2.24, 2.45) is 10.4 Å². The van der Waals surface area contributed by atoms with Crippen LogP contribution < -0.4 is 10.6 Å². The molecule has 2 N–H and O–H groups in total. The molecule has 1 amide bonds. The maximum Gasteiger partial charge on any atom is 0.455 e. The smallest absolute Gasteiger partial charge is 0.360 e. The quantitative estimate of drug-likeness (QED) is 0.339. The molecule has 7 nitrogen and oxygen atoms in total. The molecule has 40 heavy (non-hydrogen) atoms. The molecule has 0 radical (unpaired) electrons. The number of nitrogens with zero attached hydrogens (tertiary/aromatic N) is 2. The van der Waals surface area contributed by atoms with Gasteiger partial charge in [-0.1, -0.05) is 29.3 Å². The molecule has 0 aromatic heterocycles. The second kappa shape index (κ2) is 10.2. The van der Waals surface area contributed by atoms with E-state index in [1.54, 1.807) is 37.4 Å². The van der Waals surface area contributed by atoms with Crippen molar-refractivity contribution in [3.05, 3.63) is 33.8 Å². The first-order chi connectivity index (χ1) is 18.3. The molecule has 2 bridgehead atoms. The fraction of sp³-hybridized carbons (Fsp3) is 0.667. The molecule has 16 heteroatoms. The van der Waals surface area contributed by atoms with E-state index in [9.17, 15) is 39.6 Å². The van der Waals surface area contributed by atoms with Gasteiger partial charge in [-0.15, -0.1) is 0 Å². The lowest BCUT2D eigenvalue weighted by atomic mass is 9.38. The summed E-state index contributed by atoms with van der Waals surface area (Å²) in [7, 11) is -3.89. The molecule has 4 aliphatic rings. The fourth-order valence-corrected chi connectivity index (χ4v) is 7.86. The Morgan fingerprint density at radius 2 is 1.77 bits per heavy atom. The van der Waals surface area contributed by atoms with Crippen LogP contribution in [0.5, 0.6) is 0 Å². The van der Waals surface area contributed by atoms with Crippen LogP contribution in [-0.4, -0.2) is 72.7 Å². The van der Waals surface area contributed by atoms with E-state index < -0.39 is 69.5 Å². The third-order valence-corrected chi connectivity index (χ3v) is 10.5. The van der Waals surface area contributed by atoms with Crippen molar-refractivity contribution in [1.29, 1.82) is 0 Å². The van der Waals surface area contributed by atoms with Crippen LogP contribution >= 0.6 is 23.2 Å². The van der Waals surface area contributed by atoms with Crippen LogP contribution in [0.3, 0.4) is 0 Å². The number of carbonyl (C=O) groups excluding carboxylic acids is 1. The zero-order valence-electron chi connectivity index (χ0n) is 21.5. The second-order valence-electron chi connectivity index (χ2n) is 11.3. The van der Waals surface area contributed by atoms with E-state index in [4.69, 9.17) is 23.2 Å². The predicted molar refractivity (Wildman–Crippen MR) is 138 cm³/mol. The van der Waals surface area contributed by atoms with Gasteiger partial charge >= 0.3 is 12.1 Å². The topological polar surface area (TPSA) is 90.9 Å². The van der Waals surface area contributed by atoms with Gasteiger partial charge in [-0.2, -0.15) is 26.3 Å². The molecule has 1 aromatic rings. The summed E-state index contributed by atoms with van der Waals surface area (Å²) >= 11 is 12.1. The Morgan fingerprint density at radius 3 is 2.33 bits per heavy atom. The molecule has 1 aliphatic heterocycles. The Kier molecular flexibility index (Phi) is 7.95. The normalized spacial score (nSPS) is 27.5. The minimum Gasteiger partial charge on any atom is -0.360 e. The van der Waals surface area contributed by atoms with Crippen molar-refractivity contribution >= 4 is 45.0 Å². The molecule has 0 unspecified atom stereocenters.